The summed E-state index contributed by atoms with van der Waals surface area (Å²) in [6.07, 6.45) is 0. The molecule has 1 fully saturated rings. The molecule has 9 heteroatoms. The maximum absolute atomic E-state index is 13.2. The zero-order valence-corrected chi connectivity index (χ0v) is 20.3. The Morgan fingerprint density at radius 2 is 1.54 bits per heavy atom. The Morgan fingerprint density at radius 1 is 0.914 bits per heavy atom. The highest BCUT2D eigenvalue weighted by molar-refractivity contribution is 5.78. The van der Waals surface area contributed by atoms with Gasteiger partial charge in [0.15, 0.2) is 6.61 Å². The summed E-state index contributed by atoms with van der Waals surface area (Å²) in [7, 11) is 1.59. The van der Waals surface area contributed by atoms with Crippen LogP contribution in [0.3, 0.4) is 0 Å². The Kier molecular flexibility index (Phi) is 7.24. The Bertz CT molecular complexity index is 1290. The largest absolute Gasteiger partial charge is 0.497 e. The topological polar surface area (TPSA) is 86.0 Å². The first-order valence-corrected chi connectivity index (χ1v) is 11.7. The van der Waals surface area contributed by atoms with Gasteiger partial charge in [0.05, 0.1) is 18.5 Å². The molecule has 0 radical (unpaired) electrons. The van der Waals surface area contributed by atoms with Crippen LogP contribution in [-0.2, 0) is 11.3 Å². The molecule has 9 nitrogen and oxygen atoms in total. The SMILES string of the molecule is CCn1c(=O)c(N2CCN(C(=O)COc3ccc(OC)cc3)CC2)c(C)n(-c2ccccc2)c1=O. The second-order valence-corrected chi connectivity index (χ2v) is 8.27. The van der Waals surface area contributed by atoms with Crippen LogP contribution in [0.25, 0.3) is 5.69 Å². The third-order valence-corrected chi connectivity index (χ3v) is 6.25. The maximum atomic E-state index is 13.2. The number of anilines is 1. The third kappa shape index (κ3) is 4.94. The summed E-state index contributed by atoms with van der Waals surface area (Å²) in [5.74, 6) is 1.20. The normalized spacial score (nSPS) is 13.6. The molecule has 35 heavy (non-hydrogen) atoms. The van der Waals surface area contributed by atoms with Crippen LogP contribution in [0.15, 0.2) is 64.2 Å². The van der Waals surface area contributed by atoms with Gasteiger partial charge in [0.25, 0.3) is 11.5 Å². The highest BCUT2D eigenvalue weighted by Crippen LogP contribution is 2.20. The van der Waals surface area contributed by atoms with Crippen molar-refractivity contribution in [1.82, 2.24) is 14.0 Å². The lowest BCUT2D eigenvalue weighted by Gasteiger charge is -2.36. The predicted octanol–water partition coefficient (Wildman–Crippen LogP) is 2.06. The number of nitrogens with zero attached hydrogens (tertiary/aromatic N) is 4. The molecule has 2 heterocycles. The van der Waals surface area contributed by atoms with Crippen LogP contribution in [0.5, 0.6) is 11.5 Å². The molecule has 2 aromatic carbocycles. The van der Waals surface area contributed by atoms with Gasteiger partial charge in [0.2, 0.25) is 0 Å². The molecule has 0 spiro atoms. The monoisotopic (exact) mass is 478 g/mol. The Hall–Kier alpha value is -4.01. The number of hydrogen-bond acceptors (Lipinski definition) is 6. The number of rotatable bonds is 7. The van der Waals surface area contributed by atoms with Gasteiger partial charge in [-0.15, -0.1) is 0 Å². The van der Waals surface area contributed by atoms with E-state index in [9.17, 15) is 14.4 Å². The number of benzene rings is 2. The molecule has 0 atom stereocenters. The number of methoxy groups -OCH3 is 1. The summed E-state index contributed by atoms with van der Waals surface area (Å²) in [5, 5.41) is 0. The molecule has 0 unspecified atom stereocenters. The van der Waals surface area contributed by atoms with Gasteiger partial charge >= 0.3 is 5.69 Å². The number of para-hydroxylation sites is 1. The minimum absolute atomic E-state index is 0.0626. The summed E-state index contributed by atoms with van der Waals surface area (Å²) in [4.78, 5) is 42.7. The van der Waals surface area contributed by atoms with Crippen LogP contribution in [0.1, 0.15) is 12.6 Å². The lowest BCUT2D eigenvalue weighted by atomic mass is 10.2. The highest BCUT2D eigenvalue weighted by atomic mass is 16.5. The van der Waals surface area contributed by atoms with E-state index in [0.717, 1.165) is 5.75 Å². The summed E-state index contributed by atoms with van der Waals surface area (Å²) >= 11 is 0. The van der Waals surface area contributed by atoms with E-state index in [1.165, 1.54) is 4.57 Å². The van der Waals surface area contributed by atoms with Crippen molar-refractivity contribution >= 4 is 11.6 Å². The molecular formula is C26H30N4O5. The van der Waals surface area contributed by atoms with Gasteiger partial charge in [-0.3, -0.25) is 18.7 Å². The van der Waals surface area contributed by atoms with Crippen LogP contribution in [-0.4, -0.2) is 59.8 Å². The Labute approximate surface area is 203 Å². The summed E-state index contributed by atoms with van der Waals surface area (Å²) in [5.41, 5.74) is 1.15. The molecular weight excluding hydrogens is 448 g/mol. The molecule has 3 aromatic rings. The third-order valence-electron chi connectivity index (χ3n) is 6.25. The van der Waals surface area contributed by atoms with Crippen LogP contribution >= 0.6 is 0 Å². The van der Waals surface area contributed by atoms with Crippen LogP contribution < -0.4 is 25.6 Å². The average Bonchev–Trinajstić information content (AvgIpc) is 2.89. The first kappa shape index (κ1) is 24.1. The average molecular weight is 479 g/mol. The molecule has 0 saturated carbocycles. The predicted molar refractivity (Wildman–Crippen MR) is 134 cm³/mol. The van der Waals surface area contributed by atoms with Crippen molar-refractivity contribution in [3.63, 3.8) is 0 Å². The second-order valence-electron chi connectivity index (χ2n) is 8.27. The fraction of sp³-hybridized carbons (Fsp3) is 0.346. The molecule has 0 bridgehead atoms. The smallest absolute Gasteiger partial charge is 0.335 e. The number of carbonyl (C=O) groups excluding carboxylic acids is 1. The summed E-state index contributed by atoms with van der Waals surface area (Å²) < 4.78 is 13.6. The van der Waals surface area contributed by atoms with E-state index in [-0.39, 0.29) is 30.3 Å². The number of amides is 1. The Morgan fingerprint density at radius 3 is 2.14 bits per heavy atom. The van der Waals surface area contributed by atoms with Crippen molar-refractivity contribution in [3.8, 4) is 17.2 Å². The van der Waals surface area contributed by atoms with Gasteiger partial charge < -0.3 is 19.3 Å². The van der Waals surface area contributed by atoms with E-state index in [1.807, 2.05) is 35.2 Å². The molecule has 1 aromatic heterocycles. The van der Waals surface area contributed by atoms with Gasteiger partial charge in [-0.25, -0.2) is 4.79 Å². The second kappa shape index (κ2) is 10.5. The highest BCUT2D eigenvalue weighted by Gasteiger charge is 2.27. The molecule has 4 rings (SSSR count). The van der Waals surface area contributed by atoms with Gasteiger partial charge in [0, 0.05) is 32.7 Å². The molecule has 0 N–H and O–H groups in total. The van der Waals surface area contributed by atoms with E-state index in [2.05, 4.69) is 0 Å². The van der Waals surface area contributed by atoms with Gasteiger partial charge in [-0.1, -0.05) is 18.2 Å². The minimum atomic E-state index is -0.352. The van der Waals surface area contributed by atoms with Crippen LogP contribution in [0.2, 0.25) is 0 Å². The molecule has 1 amide bonds. The molecule has 184 valence electrons. The maximum Gasteiger partial charge on any atom is 0.335 e. The van der Waals surface area contributed by atoms with Crippen molar-refractivity contribution in [2.75, 3.05) is 44.8 Å². The molecule has 1 saturated heterocycles. The summed E-state index contributed by atoms with van der Waals surface area (Å²) in [6, 6.07) is 16.4. The number of hydrogen-bond donors (Lipinski definition) is 0. The van der Waals surface area contributed by atoms with Crippen molar-refractivity contribution in [3.05, 3.63) is 81.1 Å². The molecule has 0 aliphatic carbocycles. The zero-order valence-electron chi connectivity index (χ0n) is 20.3. The molecule has 1 aliphatic rings. The summed E-state index contributed by atoms with van der Waals surface area (Å²) in [6.45, 7) is 5.69. The zero-order chi connectivity index (χ0) is 24.9. The minimum Gasteiger partial charge on any atom is -0.497 e. The van der Waals surface area contributed by atoms with E-state index >= 15 is 0 Å². The molecule has 1 aliphatic heterocycles. The van der Waals surface area contributed by atoms with Crippen LogP contribution in [0.4, 0.5) is 5.69 Å². The van der Waals surface area contributed by atoms with Crippen LogP contribution in [0, 0.1) is 6.92 Å². The first-order valence-electron chi connectivity index (χ1n) is 11.7. The lowest BCUT2D eigenvalue weighted by Crippen LogP contribution is -2.53. The fourth-order valence-corrected chi connectivity index (χ4v) is 4.35. The van der Waals surface area contributed by atoms with Gasteiger partial charge in [-0.2, -0.15) is 0 Å². The van der Waals surface area contributed by atoms with Gasteiger partial charge in [0.1, 0.15) is 17.2 Å². The standard InChI is InChI=1S/C26H30N4O5/c1-4-29-25(32)24(19(2)30(26(29)33)20-8-6-5-7-9-20)28-16-14-27(15-17-28)23(31)18-35-22-12-10-21(34-3)11-13-22/h5-13H,4,14-18H2,1-3H3. The number of piperazine rings is 1. The van der Waals surface area contributed by atoms with Crippen molar-refractivity contribution in [2.24, 2.45) is 0 Å². The van der Waals surface area contributed by atoms with E-state index in [1.54, 1.807) is 54.7 Å². The lowest BCUT2D eigenvalue weighted by molar-refractivity contribution is -0.133. The fourth-order valence-electron chi connectivity index (χ4n) is 4.35. The van der Waals surface area contributed by atoms with E-state index < -0.39 is 0 Å². The van der Waals surface area contributed by atoms with Crippen molar-refractivity contribution < 1.29 is 14.3 Å². The van der Waals surface area contributed by atoms with E-state index in [4.69, 9.17) is 9.47 Å². The van der Waals surface area contributed by atoms with Gasteiger partial charge in [-0.05, 0) is 50.2 Å². The van der Waals surface area contributed by atoms with Crippen molar-refractivity contribution in [2.45, 2.75) is 20.4 Å². The first-order chi connectivity index (χ1) is 16.9. The van der Waals surface area contributed by atoms with E-state index in [0.29, 0.717) is 49.0 Å². The Balaban J connectivity index is 1.49. The number of aromatic nitrogens is 2. The quantitative estimate of drug-likeness (QED) is 0.517. The number of carbonyl (C=O) groups is 1. The van der Waals surface area contributed by atoms with Crippen molar-refractivity contribution in [1.29, 1.82) is 0 Å². The number of ether oxygens (including phenoxy) is 2.